The van der Waals surface area contributed by atoms with Gasteiger partial charge in [-0.25, -0.2) is 0 Å². The fourth-order valence-electron chi connectivity index (χ4n) is 3.52. The Labute approximate surface area is 186 Å². The maximum atomic E-state index is 12.9. The highest BCUT2D eigenvalue weighted by Crippen LogP contribution is 2.29. The van der Waals surface area contributed by atoms with E-state index in [9.17, 15) is 4.79 Å². The van der Waals surface area contributed by atoms with Crippen LogP contribution in [0.25, 0.3) is 0 Å². The molecule has 1 fully saturated rings. The molecule has 0 unspecified atom stereocenters. The van der Waals surface area contributed by atoms with Crippen molar-refractivity contribution in [2.24, 2.45) is 0 Å². The highest BCUT2D eigenvalue weighted by Gasteiger charge is 2.15. The molecule has 0 saturated carbocycles. The molecule has 1 aliphatic rings. The molecule has 0 aromatic heterocycles. The summed E-state index contributed by atoms with van der Waals surface area (Å²) in [5.74, 6) is 1.15. The Morgan fingerprint density at radius 1 is 0.935 bits per heavy atom. The van der Waals surface area contributed by atoms with E-state index >= 15 is 0 Å². The van der Waals surface area contributed by atoms with Gasteiger partial charge in [-0.1, -0.05) is 26.0 Å². The van der Waals surface area contributed by atoms with Gasteiger partial charge in [-0.2, -0.15) is 0 Å². The first-order chi connectivity index (χ1) is 15.1. The lowest BCUT2D eigenvalue weighted by Gasteiger charge is -2.32. The number of hydrogen-bond acceptors (Lipinski definition) is 5. The highest BCUT2D eigenvalue weighted by atomic mass is 16.5. The number of nitrogens with zero attached hydrogens (tertiary/aromatic N) is 2. The van der Waals surface area contributed by atoms with E-state index in [2.05, 4.69) is 48.1 Å². The van der Waals surface area contributed by atoms with Crippen LogP contribution in [0.2, 0.25) is 0 Å². The molecule has 168 valence electrons. The molecule has 3 rings (SSSR count). The number of nitrogens with one attached hydrogen (secondary N) is 1. The normalized spacial score (nSPS) is 14.9. The number of rotatable bonds is 10. The molecule has 0 bridgehead atoms. The minimum Gasteiger partial charge on any atom is -0.490 e. The summed E-state index contributed by atoms with van der Waals surface area (Å²) in [6.07, 6.45) is 1.81. The summed E-state index contributed by atoms with van der Waals surface area (Å²) in [7, 11) is 2.16. The molecule has 6 nitrogen and oxygen atoms in total. The molecular weight excluding hydrogens is 390 g/mol. The summed E-state index contributed by atoms with van der Waals surface area (Å²) in [4.78, 5) is 17.7. The van der Waals surface area contributed by atoms with Crippen LogP contribution < -0.4 is 14.8 Å². The zero-order chi connectivity index (χ0) is 22.1. The van der Waals surface area contributed by atoms with Gasteiger partial charge in [0, 0.05) is 44.0 Å². The summed E-state index contributed by atoms with van der Waals surface area (Å²) in [6, 6.07) is 13.5. The number of benzene rings is 2. The van der Waals surface area contributed by atoms with Crippen LogP contribution in [-0.4, -0.2) is 62.1 Å². The Balaban J connectivity index is 1.66. The molecule has 2 aromatic carbocycles. The number of amides is 1. The molecule has 0 atom stereocenters. The van der Waals surface area contributed by atoms with Crippen molar-refractivity contribution in [3.8, 4) is 11.5 Å². The standard InChI is InChI=1S/C25H35N3O3/c1-4-15-30-23-10-9-21(18-24(23)31-16-5-2)25(29)26-22-8-6-7-20(17-22)19-28-13-11-27(3)12-14-28/h6-10,17-18H,4-5,11-16,19H2,1-3H3,(H,26,29). The molecule has 31 heavy (non-hydrogen) atoms. The molecule has 1 saturated heterocycles. The van der Waals surface area contributed by atoms with Gasteiger partial charge in [0.1, 0.15) is 0 Å². The van der Waals surface area contributed by atoms with Crippen LogP contribution in [0.4, 0.5) is 5.69 Å². The van der Waals surface area contributed by atoms with E-state index in [4.69, 9.17) is 9.47 Å². The Bertz CT molecular complexity index is 848. The lowest BCUT2D eigenvalue weighted by atomic mass is 10.1. The van der Waals surface area contributed by atoms with E-state index in [-0.39, 0.29) is 5.91 Å². The first kappa shape index (κ1) is 23.1. The second-order valence-corrected chi connectivity index (χ2v) is 8.09. The molecule has 2 aromatic rings. The Morgan fingerprint density at radius 2 is 1.65 bits per heavy atom. The zero-order valence-electron chi connectivity index (χ0n) is 19.0. The quantitative estimate of drug-likeness (QED) is 0.616. The van der Waals surface area contributed by atoms with Gasteiger partial charge in [-0.05, 0) is 55.8 Å². The average molecular weight is 426 g/mol. The highest BCUT2D eigenvalue weighted by molar-refractivity contribution is 6.04. The predicted octanol–water partition coefficient (Wildman–Crippen LogP) is 4.26. The topological polar surface area (TPSA) is 54.0 Å². The first-order valence-electron chi connectivity index (χ1n) is 11.3. The first-order valence-corrected chi connectivity index (χ1v) is 11.3. The lowest BCUT2D eigenvalue weighted by Crippen LogP contribution is -2.43. The van der Waals surface area contributed by atoms with Crippen LogP contribution in [0.1, 0.15) is 42.6 Å². The van der Waals surface area contributed by atoms with Gasteiger partial charge >= 0.3 is 0 Å². The SMILES string of the molecule is CCCOc1ccc(C(=O)Nc2cccc(CN3CCN(C)CC3)c2)cc1OCCC. The second kappa shape index (κ2) is 11.7. The van der Waals surface area contributed by atoms with Gasteiger partial charge in [-0.3, -0.25) is 9.69 Å². The summed E-state index contributed by atoms with van der Waals surface area (Å²) < 4.78 is 11.6. The molecule has 0 spiro atoms. The number of ether oxygens (including phenoxy) is 2. The maximum absolute atomic E-state index is 12.9. The van der Waals surface area contributed by atoms with Crippen molar-refractivity contribution < 1.29 is 14.3 Å². The van der Waals surface area contributed by atoms with Crippen LogP contribution in [0.5, 0.6) is 11.5 Å². The van der Waals surface area contributed by atoms with E-state index in [1.807, 2.05) is 18.2 Å². The summed E-state index contributed by atoms with van der Waals surface area (Å²) >= 11 is 0. The van der Waals surface area contributed by atoms with Crippen LogP contribution in [0.15, 0.2) is 42.5 Å². The number of hydrogen-bond donors (Lipinski definition) is 1. The molecule has 1 amide bonds. The minimum atomic E-state index is -0.153. The fraction of sp³-hybridized carbons (Fsp3) is 0.480. The van der Waals surface area contributed by atoms with Crippen molar-refractivity contribution >= 4 is 11.6 Å². The van der Waals surface area contributed by atoms with Crippen LogP contribution in [0.3, 0.4) is 0 Å². The number of anilines is 1. The van der Waals surface area contributed by atoms with Gasteiger partial charge in [-0.15, -0.1) is 0 Å². The van der Waals surface area contributed by atoms with E-state index in [0.29, 0.717) is 30.3 Å². The van der Waals surface area contributed by atoms with Crippen LogP contribution in [0, 0.1) is 0 Å². The Hall–Kier alpha value is -2.57. The zero-order valence-corrected chi connectivity index (χ0v) is 19.0. The van der Waals surface area contributed by atoms with Crippen molar-refractivity contribution in [3.05, 3.63) is 53.6 Å². The molecule has 1 aliphatic heterocycles. The molecule has 1 N–H and O–H groups in total. The third-order valence-electron chi connectivity index (χ3n) is 5.32. The van der Waals surface area contributed by atoms with Gasteiger partial charge < -0.3 is 19.7 Å². The molecule has 6 heteroatoms. The van der Waals surface area contributed by atoms with Crippen molar-refractivity contribution in [3.63, 3.8) is 0 Å². The molecule has 1 heterocycles. The van der Waals surface area contributed by atoms with Crippen molar-refractivity contribution in [1.29, 1.82) is 0 Å². The fourth-order valence-corrected chi connectivity index (χ4v) is 3.52. The van der Waals surface area contributed by atoms with E-state index < -0.39 is 0 Å². The Morgan fingerprint density at radius 3 is 2.35 bits per heavy atom. The second-order valence-electron chi connectivity index (χ2n) is 8.09. The molecular formula is C25H35N3O3. The van der Waals surface area contributed by atoms with E-state index in [1.54, 1.807) is 12.1 Å². The molecule has 0 aliphatic carbocycles. The predicted molar refractivity (Wildman–Crippen MR) is 125 cm³/mol. The lowest BCUT2D eigenvalue weighted by molar-refractivity contribution is 0.102. The van der Waals surface area contributed by atoms with Gasteiger partial charge in [0.2, 0.25) is 0 Å². The average Bonchev–Trinajstić information content (AvgIpc) is 2.78. The van der Waals surface area contributed by atoms with Crippen LogP contribution >= 0.6 is 0 Å². The van der Waals surface area contributed by atoms with Crippen LogP contribution in [-0.2, 0) is 6.54 Å². The van der Waals surface area contributed by atoms with E-state index in [0.717, 1.165) is 51.3 Å². The monoisotopic (exact) mass is 425 g/mol. The summed E-state index contributed by atoms with van der Waals surface area (Å²) in [6.45, 7) is 10.5. The van der Waals surface area contributed by atoms with E-state index in [1.165, 1.54) is 5.56 Å². The van der Waals surface area contributed by atoms with Crippen molar-refractivity contribution in [2.75, 3.05) is 51.8 Å². The number of carbonyl (C=O) groups is 1. The van der Waals surface area contributed by atoms with Gasteiger partial charge in [0.25, 0.3) is 5.91 Å². The molecule has 0 radical (unpaired) electrons. The minimum absolute atomic E-state index is 0.153. The number of likely N-dealkylation sites (N-methyl/N-ethyl adjacent to an activating group) is 1. The maximum Gasteiger partial charge on any atom is 0.255 e. The van der Waals surface area contributed by atoms with Gasteiger partial charge in [0.15, 0.2) is 11.5 Å². The number of piperazine rings is 1. The Kier molecular flexibility index (Phi) is 8.74. The summed E-state index contributed by atoms with van der Waals surface area (Å²) in [5.41, 5.74) is 2.57. The largest absolute Gasteiger partial charge is 0.490 e. The third-order valence-corrected chi connectivity index (χ3v) is 5.32. The van der Waals surface area contributed by atoms with Crippen molar-refractivity contribution in [1.82, 2.24) is 9.80 Å². The number of carbonyl (C=O) groups excluding carboxylic acids is 1. The third kappa shape index (κ3) is 6.97. The van der Waals surface area contributed by atoms with Crippen molar-refractivity contribution in [2.45, 2.75) is 33.2 Å². The van der Waals surface area contributed by atoms with Gasteiger partial charge in [0.05, 0.1) is 13.2 Å². The smallest absolute Gasteiger partial charge is 0.255 e. The summed E-state index contributed by atoms with van der Waals surface area (Å²) in [5, 5.41) is 3.03.